The minimum Gasteiger partial charge on any atom is -0.476 e. The molecule has 0 saturated heterocycles. The van der Waals surface area contributed by atoms with Crippen LogP contribution in [0.2, 0.25) is 5.02 Å². The fraction of sp³-hybridized carbons (Fsp3) is 0.300. The van der Waals surface area contributed by atoms with Gasteiger partial charge >= 0.3 is 5.97 Å². The number of benzene rings is 2. The lowest BCUT2D eigenvalue weighted by Crippen LogP contribution is -2.40. The summed E-state index contributed by atoms with van der Waals surface area (Å²) < 4.78 is 64.2. The van der Waals surface area contributed by atoms with E-state index in [1.165, 1.54) is 36.4 Å². The average molecular weight is 368 g/mol. The van der Waals surface area contributed by atoms with Crippen LogP contribution in [0.15, 0.2) is 48.5 Å². The van der Waals surface area contributed by atoms with Crippen LogP contribution in [0.5, 0.6) is 5.75 Å². The lowest BCUT2D eigenvalue weighted by atomic mass is 10.0. The highest BCUT2D eigenvalue weighted by atomic mass is 35.5. The highest BCUT2D eigenvalue weighted by molar-refractivity contribution is 6.30. The van der Waals surface area contributed by atoms with Crippen molar-refractivity contribution in [2.75, 3.05) is 0 Å². The van der Waals surface area contributed by atoms with Gasteiger partial charge in [-0.2, -0.15) is 0 Å². The molecular formula is C20H21ClO4. The first-order chi connectivity index (χ1) is 14.5. The monoisotopic (exact) mass is 367 g/mol. The van der Waals surface area contributed by atoms with E-state index < -0.39 is 31.4 Å². The summed E-state index contributed by atoms with van der Waals surface area (Å²) >= 11 is 5.81. The number of ketones is 1. The summed E-state index contributed by atoms with van der Waals surface area (Å²) in [7, 11) is 0. The van der Waals surface area contributed by atoms with Crippen LogP contribution in [-0.4, -0.2) is 23.4 Å². The Morgan fingerprint density at radius 3 is 2.04 bits per heavy atom. The summed E-state index contributed by atoms with van der Waals surface area (Å²) in [6.07, 6.45) is -1.91. The first kappa shape index (κ1) is 11.3. The molecule has 0 amide bonds. The molecule has 0 spiro atoms. The summed E-state index contributed by atoms with van der Waals surface area (Å²) in [5.41, 5.74) is -2.83. The lowest BCUT2D eigenvalue weighted by Gasteiger charge is -2.25. The van der Waals surface area contributed by atoms with Gasteiger partial charge in [-0.05, 0) is 76.1 Å². The molecule has 0 aliphatic carbocycles. The number of ether oxygens (including phenoxy) is 2. The van der Waals surface area contributed by atoms with E-state index in [9.17, 15) is 9.59 Å². The third kappa shape index (κ3) is 5.07. The van der Waals surface area contributed by atoms with Gasteiger partial charge in [0.1, 0.15) is 5.75 Å². The Morgan fingerprint density at radius 1 is 1.04 bits per heavy atom. The average Bonchev–Trinajstić information content (AvgIpc) is 2.63. The van der Waals surface area contributed by atoms with Gasteiger partial charge in [-0.3, -0.25) is 4.79 Å². The standard InChI is InChI=1S/C20H21ClO4/c1-13(2)24-19(23)20(3,4)25-17-11-7-15(8-12-17)18(22)14-5-9-16(21)10-6-14/h5-13H,1-4H3/i3D3,4D3,13D. The summed E-state index contributed by atoms with van der Waals surface area (Å²) in [6, 6.07) is 11.1. The van der Waals surface area contributed by atoms with E-state index >= 15 is 0 Å². The molecule has 0 aliphatic rings. The Morgan fingerprint density at radius 2 is 1.56 bits per heavy atom. The van der Waals surface area contributed by atoms with Crippen LogP contribution in [0, 0.1) is 0 Å². The smallest absolute Gasteiger partial charge is 0.350 e. The van der Waals surface area contributed by atoms with Gasteiger partial charge in [0.05, 0.1) is 7.45 Å². The summed E-state index contributed by atoms with van der Waals surface area (Å²) in [4.78, 5) is 25.3. The highest BCUT2D eigenvalue weighted by Crippen LogP contribution is 2.22. The van der Waals surface area contributed by atoms with Gasteiger partial charge in [0.25, 0.3) is 0 Å². The van der Waals surface area contributed by atoms with Crippen molar-refractivity contribution in [2.45, 2.75) is 39.2 Å². The van der Waals surface area contributed by atoms with Crippen LogP contribution in [-0.2, 0) is 9.53 Å². The van der Waals surface area contributed by atoms with Crippen LogP contribution >= 0.6 is 11.6 Å². The second kappa shape index (κ2) is 7.70. The summed E-state index contributed by atoms with van der Waals surface area (Å²) in [6.45, 7) is -4.66. The van der Waals surface area contributed by atoms with Gasteiger partial charge < -0.3 is 9.47 Å². The van der Waals surface area contributed by atoms with Gasteiger partial charge in [0.2, 0.25) is 0 Å². The molecule has 0 unspecified atom stereocenters. The van der Waals surface area contributed by atoms with E-state index in [1.807, 2.05) is 0 Å². The normalized spacial score (nSPS) is 16.8. The lowest BCUT2D eigenvalue weighted by molar-refractivity contribution is -0.163. The van der Waals surface area contributed by atoms with Crippen LogP contribution in [0.25, 0.3) is 0 Å². The molecule has 0 fully saturated rings. The SMILES string of the molecule is [2H]C(C)(C)OC(=O)C(Oc1ccc(C(=O)c2ccc(Cl)cc2)cc1)(C([2H])([2H])[2H])C([2H])([2H])[2H]. The molecule has 2 aromatic rings. The van der Waals surface area contributed by atoms with Crippen molar-refractivity contribution in [3.8, 4) is 5.75 Å². The van der Waals surface area contributed by atoms with Crippen molar-refractivity contribution in [3.05, 3.63) is 64.7 Å². The first-order valence-corrected chi connectivity index (χ1v) is 7.68. The minimum atomic E-state index is -3.47. The van der Waals surface area contributed by atoms with Gasteiger partial charge in [0, 0.05) is 24.4 Å². The molecule has 0 bridgehead atoms. The van der Waals surface area contributed by atoms with E-state index in [4.69, 9.17) is 30.7 Å². The number of rotatable bonds is 6. The molecule has 4 nitrogen and oxygen atoms in total. The predicted molar refractivity (Wildman–Crippen MR) is 97.3 cm³/mol. The molecule has 5 heteroatoms. The molecule has 0 heterocycles. The number of hydrogen-bond donors (Lipinski definition) is 0. The van der Waals surface area contributed by atoms with Crippen LogP contribution < -0.4 is 4.74 Å². The molecule has 0 radical (unpaired) electrons. The molecule has 0 aromatic heterocycles. The van der Waals surface area contributed by atoms with Crippen molar-refractivity contribution < 1.29 is 28.7 Å². The van der Waals surface area contributed by atoms with Crippen molar-refractivity contribution in [3.63, 3.8) is 0 Å². The quantitative estimate of drug-likeness (QED) is 0.549. The van der Waals surface area contributed by atoms with Gasteiger partial charge in [-0.25, -0.2) is 4.79 Å². The van der Waals surface area contributed by atoms with E-state index in [1.54, 1.807) is 12.1 Å². The molecular weight excluding hydrogens is 340 g/mol. The summed E-state index contributed by atoms with van der Waals surface area (Å²) in [5.74, 6) is -2.37. The van der Waals surface area contributed by atoms with Crippen LogP contribution in [0.3, 0.4) is 0 Å². The zero-order chi connectivity index (χ0) is 24.5. The van der Waals surface area contributed by atoms with Gasteiger partial charge in [0.15, 0.2) is 11.4 Å². The molecule has 0 atom stereocenters. The number of esters is 1. The molecule has 0 aliphatic heterocycles. The first-order valence-electron chi connectivity index (χ1n) is 10.8. The maximum Gasteiger partial charge on any atom is 0.350 e. The summed E-state index contributed by atoms with van der Waals surface area (Å²) in [5, 5.41) is 0.457. The van der Waals surface area contributed by atoms with Crippen molar-refractivity contribution >= 4 is 23.4 Å². The van der Waals surface area contributed by atoms with Crippen molar-refractivity contribution in [2.24, 2.45) is 0 Å². The third-order valence-electron chi connectivity index (χ3n) is 3.08. The predicted octanol–water partition coefficient (Wildman–Crippen LogP) is 4.68. The van der Waals surface area contributed by atoms with Crippen molar-refractivity contribution in [1.82, 2.24) is 0 Å². The zero-order valence-electron chi connectivity index (χ0n) is 20.6. The Labute approximate surface area is 162 Å². The molecule has 25 heavy (non-hydrogen) atoms. The maximum atomic E-state index is 12.7. The number of halogens is 1. The zero-order valence-corrected chi connectivity index (χ0v) is 14.4. The molecule has 132 valence electrons. The van der Waals surface area contributed by atoms with E-state index in [0.29, 0.717) is 10.6 Å². The molecule has 0 saturated carbocycles. The Bertz CT molecular complexity index is 961. The van der Waals surface area contributed by atoms with Crippen molar-refractivity contribution in [1.29, 1.82) is 0 Å². The molecule has 2 aromatic carbocycles. The second-order valence-corrected chi connectivity index (χ2v) is 5.88. The fourth-order valence-corrected chi connectivity index (χ4v) is 2.04. The molecule has 0 N–H and O–H groups in total. The maximum absolute atomic E-state index is 12.7. The minimum absolute atomic E-state index is 0.211. The largest absolute Gasteiger partial charge is 0.476 e. The van der Waals surface area contributed by atoms with Gasteiger partial charge in [-0.1, -0.05) is 11.6 Å². The molecule has 2 rings (SSSR count). The van der Waals surface area contributed by atoms with Gasteiger partial charge in [-0.15, -0.1) is 0 Å². The Balaban J connectivity index is 2.44. The third-order valence-corrected chi connectivity index (χ3v) is 3.33. The Kier molecular flexibility index (Phi) is 3.49. The van der Waals surface area contributed by atoms with Crippen LogP contribution in [0.4, 0.5) is 0 Å². The number of carbonyl (C=O) groups is 2. The Hall–Kier alpha value is -2.33. The van der Waals surface area contributed by atoms with E-state index in [0.717, 1.165) is 13.8 Å². The fourth-order valence-electron chi connectivity index (χ4n) is 1.92. The van der Waals surface area contributed by atoms with Crippen LogP contribution in [0.1, 0.15) is 53.1 Å². The van der Waals surface area contributed by atoms with E-state index in [-0.39, 0.29) is 17.1 Å². The topological polar surface area (TPSA) is 52.6 Å². The highest BCUT2D eigenvalue weighted by Gasteiger charge is 2.32. The number of hydrogen-bond acceptors (Lipinski definition) is 4. The van der Waals surface area contributed by atoms with E-state index in [2.05, 4.69) is 0 Å². The number of carbonyl (C=O) groups excluding carboxylic acids is 2. The second-order valence-electron chi connectivity index (χ2n) is 5.44.